The van der Waals surface area contributed by atoms with Gasteiger partial charge in [-0.25, -0.2) is 0 Å². The fourth-order valence-electron chi connectivity index (χ4n) is 2.84. The second-order valence-electron chi connectivity index (χ2n) is 6.44. The molecule has 1 aliphatic rings. The van der Waals surface area contributed by atoms with Crippen molar-refractivity contribution >= 4 is 51.9 Å². The topological polar surface area (TPSA) is 49.4 Å². The number of nitrogens with zero attached hydrogens (tertiary/aromatic N) is 1. The molecule has 1 N–H and O–H groups in total. The van der Waals surface area contributed by atoms with Crippen molar-refractivity contribution in [1.82, 2.24) is 4.90 Å². The van der Waals surface area contributed by atoms with Crippen LogP contribution in [0.4, 0.5) is 18.9 Å². The maximum atomic E-state index is 13.0. The number of alkyl halides is 3. The number of rotatable bonds is 6. The third kappa shape index (κ3) is 5.48. The zero-order chi connectivity index (χ0) is 21.7. The van der Waals surface area contributed by atoms with Crippen LogP contribution in [-0.4, -0.2) is 27.6 Å². The highest BCUT2D eigenvalue weighted by atomic mass is 32.2. The van der Waals surface area contributed by atoms with Gasteiger partial charge in [-0.1, -0.05) is 66.4 Å². The van der Waals surface area contributed by atoms with Gasteiger partial charge in [0.15, 0.2) is 0 Å². The number of thiocarbonyl (C=S) groups is 1. The van der Waals surface area contributed by atoms with Gasteiger partial charge in [0.25, 0.3) is 5.91 Å². The molecule has 2 aromatic carbocycles. The van der Waals surface area contributed by atoms with Gasteiger partial charge in [0.1, 0.15) is 4.32 Å². The molecule has 0 unspecified atom stereocenters. The number of anilines is 1. The molecule has 1 saturated heterocycles. The molecule has 0 spiro atoms. The first-order valence-electron chi connectivity index (χ1n) is 9.02. The molecule has 0 saturated carbocycles. The molecule has 1 fully saturated rings. The Labute approximate surface area is 181 Å². The van der Waals surface area contributed by atoms with Crippen LogP contribution in [0, 0.1) is 0 Å². The SMILES string of the molecule is O=C(CCCN1C(=O)/C(=C/c2ccccc2)SC1=S)Nc1ccccc1C(F)(F)F. The van der Waals surface area contributed by atoms with E-state index in [-0.39, 0.29) is 31.0 Å². The Morgan fingerprint density at radius 3 is 2.47 bits per heavy atom. The fourth-order valence-corrected chi connectivity index (χ4v) is 4.15. The summed E-state index contributed by atoms with van der Waals surface area (Å²) < 4.78 is 39.4. The molecule has 2 aromatic rings. The third-order valence-electron chi connectivity index (χ3n) is 4.26. The average molecular weight is 451 g/mol. The van der Waals surface area contributed by atoms with E-state index in [1.165, 1.54) is 34.9 Å². The molecule has 9 heteroatoms. The summed E-state index contributed by atoms with van der Waals surface area (Å²) in [5, 5.41) is 2.29. The van der Waals surface area contributed by atoms with E-state index in [0.29, 0.717) is 9.23 Å². The Balaban J connectivity index is 1.55. The van der Waals surface area contributed by atoms with E-state index in [4.69, 9.17) is 12.2 Å². The molecule has 1 aliphatic heterocycles. The van der Waals surface area contributed by atoms with Crippen molar-refractivity contribution in [2.45, 2.75) is 19.0 Å². The predicted molar refractivity (Wildman–Crippen MR) is 116 cm³/mol. The Morgan fingerprint density at radius 1 is 1.10 bits per heavy atom. The molecule has 0 aliphatic carbocycles. The Kier molecular flexibility index (Phi) is 6.94. The summed E-state index contributed by atoms with van der Waals surface area (Å²) in [5.41, 5.74) is -0.312. The summed E-state index contributed by atoms with van der Waals surface area (Å²) in [5.74, 6) is -0.798. The monoisotopic (exact) mass is 450 g/mol. The van der Waals surface area contributed by atoms with E-state index in [9.17, 15) is 22.8 Å². The number of amides is 2. The fraction of sp³-hybridized carbons (Fsp3) is 0.190. The number of carbonyl (C=O) groups is 2. The van der Waals surface area contributed by atoms with Crippen molar-refractivity contribution in [3.63, 3.8) is 0 Å². The minimum Gasteiger partial charge on any atom is -0.326 e. The molecule has 3 rings (SSSR count). The van der Waals surface area contributed by atoms with Gasteiger partial charge in [-0.3, -0.25) is 14.5 Å². The maximum absolute atomic E-state index is 13.0. The van der Waals surface area contributed by atoms with Gasteiger partial charge < -0.3 is 5.32 Å². The van der Waals surface area contributed by atoms with Crippen LogP contribution in [0.5, 0.6) is 0 Å². The average Bonchev–Trinajstić information content (AvgIpc) is 2.95. The summed E-state index contributed by atoms with van der Waals surface area (Å²) >= 11 is 6.44. The summed E-state index contributed by atoms with van der Waals surface area (Å²) in [7, 11) is 0. The van der Waals surface area contributed by atoms with Crippen molar-refractivity contribution in [1.29, 1.82) is 0 Å². The van der Waals surface area contributed by atoms with E-state index >= 15 is 0 Å². The lowest BCUT2D eigenvalue weighted by Gasteiger charge is -2.15. The number of hydrogen-bond donors (Lipinski definition) is 1. The standard InChI is InChI=1S/C21H17F3N2O2S2/c22-21(23,24)15-9-4-5-10-16(15)25-18(27)11-6-12-26-19(28)17(30-20(26)29)13-14-7-2-1-3-8-14/h1-5,7-10,13H,6,11-12H2,(H,25,27)/b17-13-. The van der Waals surface area contributed by atoms with Gasteiger partial charge in [-0.05, 0) is 30.2 Å². The number of nitrogens with one attached hydrogen (secondary N) is 1. The molecule has 30 heavy (non-hydrogen) atoms. The van der Waals surface area contributed by atoms with Crippen molar-refractivity contribution in [3.05, 3.63) is 70.6 Å². The van der Waals surface area contributed by atoms with Gasteiger partial charge in [-0.2, -0.15) is 13.2 Å². The van der Waals surface area contributed by atoms with Crippen molar-refractivity contribution in [3.8, 4) is 0 Å². The smallest absolute Gasteiger partial charge is 0.326 e. The van der Waals surface area contributed by atoms with Gasteiger partial charge >= 0.3 is 6.18 Å². The maximum Gasteiger partial charge on any atom is 0.418 e. The van der Waals surface area contributed by atoms with Crippen LogP contribution < -0.4 is 5.32 Å². The van der Waals surface area contributed by atoms with Gasteiger partial charge in [0.05, 0.1) is 16.2 Å². The number of halogens is 3. The van der Waals surface area contributed by atoms with Crippen molar-refractivity contribution < 1.29 is 22.8 Å². The van der Waals surface area contributed by atoms with E-state index in [0.717, 1.165) is 11.6 Å². The minimum atomic E-state index is -4.56. The number of carbonyl (C=O) groups excluding carboxylic acids is 2. The first kappa shape index (κ1) is 22.0. The summed E-state index contributed by atoms with van der Waals surface area (Å²) in [6.45, 7) is 0.213. The van der Waals surface area contributed by atoms with Gasteiger partial charge in [-0.15, -0.1) is 0 Å². The summed E-state index contributed by atoms with van der Waals surface area (Å²) in [6.07, 6.45) is -2.58. The second-order valence-corrected chi connectivity index (χ2v) is 8.11. The third-order valence-corrected chi connectivity index (χ3v) is 5.64. The van der Waals surface area contributed by atoms with Crippen molar-refractivity contribution in [2.75, 3.05) is 11.9 Å². The number of hydrogen-bond acceptors (Lipinski definition) is 4. The normalized spacial score (nSPS) is 15.7. The number of para-hydroxylation sites is 1. The van der Waals surface area contributed by atoms with E-state index in [2.05, 4.69) is 5.32 Å². The lowest BCUT2D eigenvalue weighted by molar-refractivity contribution is -0.137. The minimum absolute atomic E-state index is 0.0407. The second kappa shape index (κ2) is 9.44. The Bertz CT molecular complexity index is 991. The first-order chi connectivity index (χ1) is 14.3. The molecule has 2 amide bonds. The molecule has 4 nitrogen and oxygen atoms in total. The van der Waals surface area contributed by atoms with Crippen LogP contribution in [0.15, 0.2) is 59.5 Å². The molecular weight excluding hydrogens is 433 g/mol. The number of benzene rings is 2. The molecule has 156 valence electrons. The molecular formula is C21H17F3N2O2S2. The highest BCUT2D eigenvalue weighted by Crippen LogP contribution is 2.35. The quantitative estimate of drug-likeness (QED) is 0.478. The zero-order valence-electron chi connectivity index (χ0n) is 15.6. The zero-order valence-corrected chi connectivity index (χ0v) is 17.2. The lowest BCUT2D eigenvalue weighted by Crippen LogP contribution is -2.29. The Hall–Kier alpha value is -2.65. The number of thioether (sulfide) groups is 1. The summed E-state index contributed by atoms with van der Waals surface area (Å²) in [4.78, 5) is 26.6. The molecule has 1 heterocycles. The lowest BCUT2D eigenvalue weighted by atomic mass is 10.1. The van der Waals surface area contributed by atoms with Crippen LogP contribution in [0.3, 0.4) is 0 Å². The van der Waals surface area contributed by atoms with Crippen LogP contribution in [0.2, 0.25) is 0 Å². The van der Waals surface area contributed by atoms with E-state index in [1.54, 1.807) is 6.08 Å². The first-order valence-corrected chi connectivity index (χ1v) is 10.2. The molecule has 0 aromatic heterocycles. The highest BCUT2D eigenvalue weighted by molar-refractivity contribution is 8.26. The molecule has 0 radical (unpaired) electrons. The predicted octanol–water partition coefficient (Wildman–Crippen LogP) is 5.33. The Morgan fingerprint density at radius 2 is 1.77 bits per heavy atom. The van der Waals surface area contributed by atoms with Crippen LogP contribution in [0.25, 0.3) is 6.08 Å². The summed E-state index contributed by atoms with van der Waals surface area (Å²) in [6, 6.07) is 14.1. The molecule has 0 bridgehead atoms. The van der Waals surface area contributed by atoms with Crippen LogP contribution >= 0.6 is 24.0 Å². The van der Waals surface area contributed by atoms with Crippen molar-refractivity contribution in [2.24, 2.45) is 0 Å². The van der Waals surface area contributed by atoms with Crippen LogP contribution in [0.1, 0.15) is 24.0 Å². The van der Waals surface area contributed by atoms with E-state index < -0.39 is 17.6 Å². The highest BCUT2D eigenvalue weighted by Gasteiger charge is 2.34. The van der Waals surface area contributed by atoms with E-state index in [1.807, 2.05) is 30.3 Å². The van der Waals surface area contributed by atoms with Crippen LogP contribution in [-0.2, 0) is 15.8 Å². The van der Waals surface area contributed by atoms with Gasteiger partial charge in [0.2, 0.25) is 5.91 Å². The largest absolute Gasteiger partial charge is 0.418 e. The molecule has 0 atom stereocenters. The van der Waals surface area contributed by atoms with Gasteiger partial charge in [0, 0.05) is 13.0 Å².